The van der Waals surface area contributed by atoms with E-state index in [9.17, 15) is 13.2 Å². The Morgan fingerprint density at radius 2 is 2.04 bits per heavy atom. The monoisotopic (exact) mass is 359 g/mol. The zero-order valence-electron chi connectivity index (χ0n) is 14.5. The zero-order chi connectivity index (χ0) is 18.2. The van der Waals surface area contributed by atoms with Crippen molar-refractivity contribution < 1.29 is 13.2 Å². The summed E-state index contributed by atoms with van der Waals surface area (Å²) < 4.78 is 26.8. The topological polar surface area (TPSA) is 78.8 Å². The predicted octanol–water partition coefficient (Wildman–Crippen LogP) is 1.98. The molecule has 2 heterocycles. The third-order valence-electron chi connectivity index (χ3n) is 4.33. The molecule has 1 aromatic carbocycles. The van der Waals surface area contributed by atoms with Crippen molar-refractivity contribution in [3.05, 3.63) is 58.8 Å². The van der Waals surface area contributed by atoms with Crippen LogP contribution in [0.25, 0.3) is 0 Å². The molecule has 132 valence electrons. The smallest absolute Gasteiger partial charge is 0.256 e. The average Bonchev–Trinajstić information content (AvgIpc) is 2.55. The fraction of sp³-hybridized carbons (Fsp3) is 0.333. The lowest BCUT2D eigenvalue weighted by Crippen LogP contribution is -2.38. The quantitative estimate of drug-likeness (QED) is 0.895. The van der Waals surface area contributed by atoms with Gasteiger partial charge in [0.15, 0.2) is 0 Å². The maximum atomic E-state index is 12.6. The lowest BCUT2D eigenvalue weighted by molar-refractivity contribution is -0.117. The van der Waals surface area contributed by atoms with Gasteiger partial charge in [0, 0.05) is 12.7 Å². The molecular formula is C18H21N3O3S. The summed E-state index contributed by atoms with van der Waals surface area (Å²) in [4.78, 5) is 14.3. The number of amidine groups is 1. The largest absolute Gasteiger partial charge is 0.345 e. The summed E-state index contributed by atoms with van der Waals surface area (Å²) in [6, 6.07) is 6.04. The van der Waals surface area contributed by atoms with Crippen LogP contribution >= 0.6 is 0 Å². The van der Waals surface area contributed by atoms with E-state index >= 15 is 0 Å². The molecule has 0 saturated heterocycles. The Morgan fingerprint density at radius 3 is 2.80 bits per heavy atom. The second kappa shape index (κ2) is 6.48. The van der Waals surface area contributed by atoms with Crippen LogP contribution in [0, 0.1) is 13.8 Å². The van der Waals surface area contributed by atoms with Gasteiger partial charge in [-0.2, -0.15) is 0 Å². The first kappa shape index (κ1) is 17.4. The molecule has 0 bridgehead atoms. The molecule has 6 nitrogen and oxygen atoms in total. The summed E-state index contributed by atoms with van der Waals surface area (Å²) >= 11 is 0. The van der Waals surface area contributed by atoms with E-state index in [4.69, 9.17) is 0 Å². The second-order valence-corrected chi connectivity index (χ2v) is 8.16. The summed E-state index contributed by atoms with van der Waals surface area (Å²) in [5, 5.41) is 3.00. The van der Waals surface area contributed by atoms with E-state index in [2.05, 4.69) is 15.8 Å². The maximum Gasteiger partial charge on any atom is 0.256 e. The average molecular weight is 359 g/mol. The Labute approximate surface area is 148 Å². The highest BCUT2D eigenvalue weighted by Gasteiger charge is 2.25. The zero-order valence-corrected chi connectivity index (χ0v) is 15.3. The number of hydrogen-bond donors (Lipinski definition) is 1. The molecule has 0 fully saturated rings. The van der Waals surface area contributed by atoms with Crippen molar-refractivity contribution in [3.63, 3.8) is 0 Å². The van der Waals surface area contributed by atoms with Crippen molar-refractivity contribution in [2.45, 2.75) is 26.8 Å². The fourth-order valence-electron chi connectivity index (χ4n) is 2.92. The molecule has 0 aliphatic carbocycles. The van der Waals surface area contributed by atoms with Crippen LogP contribution in [0.4, 0.5) is 0 Å². The Kier molecular flexibility index (Phi) is 4.51. The van der Waals surface area contributed by atoms with Crippen molar-refractivity contribution in [2.75, 3.05) is 12.3 Å². The minimum Gasteiger partial charge on any atom is -0.345 e. The minimum atomic E-state index is -3.39. The van der Waals surface area contributed by atoms with Crippen LogP contribution in [-0.4, -0.2) is 37.4 Å². The number of nitrogens with one attached hydrogen (secondary N) is 1. The highest BCUT2D eigenvalue weighted by Crippen LogP contribution is 2.21. The molecule has 3 rings (SSSR count). The third kappa shape index (κ3) is 3.82. The van der Waals surface area contributed by atoms with Crippen LogP contribution in [0.2, 0.25) is 0 Å². The van der Waals surface area contributed by atoms with E-state index in [-0.39, 0.29) is 17.7 Å². The SMILES string of the molecule is Cc1ccc(C)c(C(C)NC(=O)C2=CN3CCS(=O)(=O)N=C3C=C2)c1. The van der Waals surface area contributed by atoms with E-state index in [1.54, 1.807) is 23.3 Å². The van der Waals surface area contributed by atoms with Gasteiger partial charge in [-0.05, 0) is 44.1 Å². The summed E-state index contributed by atoms with van der Waals surface area (Å²) in [6.07, 6.45) is 4.81. The standard InChI is InChI=1S/C18H21N3O3S/c1-12-4-5-13(2)16(10-12)14(3)19-18(22)15-6-7-17-20-25(23,24)9-8-21(17)11-15/h4-7,10-11,14H,8-9H2,1-3H3,(H,19,22). The van der Waals surface area contributed by atoms with Gasteiger partial charge in [-0.1, -0.05) is 23.8 Å². The van der Waals surface area contributed by atoms with Gasteiger partial charge in [-0.25, -0.2) is 8.42 Å². The Morgan fingerprint density at radius 1 is 1.28 bits per heavy atom. The fourth-order valence-corrected chi connectivity index (χ4v) is 3.89. The summed E-state index contributed by atoms with van der Waals surface area (Å²) in [5.74, 6) is 0.108. The number of benzene rings is 1. The third-order valence-corrected chi connectivity index (χ3v) is 5.50. The van der Waals surface area contributed by atoms with Gasteiger partial charge in [-0.15, -0.1) is 4.40 Å². The molecule has 1 N–H and O–H groups in total. The Hall–Kier alpha value is -2.41. The van der Waals surface area contributed by atoms with Crippen LogP contribution in [-0.2, 0) is 14.8 Å². The van der Waals surface area contributed by atoms with E-state index in [1.807, 2.05) is 32.9 Å². The molecule has 7 heteroatoms. The van der Waals surface area contributed by atoms with Gasteiger partial charge >= 0.3 is 0 Å². The number of rotatable bonds is 3. The van der Waals surface area contributed by atoms with E-state index in [0.717, 1.165) is 16.7 Å². The first-order valence-corrected chi connectivity index (χ1v) is 9.73. The lowest BCUT2D eigenvalue weighted by Gasteiger charge is -2.27. The minimum absolute atomic E-state index is 0.0470. The van der Waals surface area contributed by atoms with Crippen LogP contribution in [0.15, 0.2) is 46.5 Å². The number of hydrogen-bond acceptors (Lipinski definition) is 4. The van der Waals surface area contributed by atoms with Crippen LogP contribution in [0.5, 0.6) is 0 Å². The molecule has 1 aromatic rings. The molecule has 1 atom stereocenters. The maximum absolute atomic E-state index is 12.6. The van der Waals surface area contributed by atoms with Crippen molar-refractivity contribution in [1.82, 2.24) is 10.2 Å². The van der Waals surface area contributed by atoms with Crippen molar-refractivity contribution in [3.8, 4) is 0 Å². The van der Waals surface area contributed by atoms with Crippen molar-refractivity contribution in [2.24, 2.45) is 4.40 Å². The Bertz CT molecular complexity index is 913. The molecular weight excluding hydrogens is 338 g/mol. The first-order valence-electron chi connectivity index (χ1n) is 8.12. The van der Waals surface area contributed by atoms with E-state index in [1.165, 1.54) is 0 Å². The lowest BCUT2D eigenvalue weighted by atomic mass is 9.99. The first-order chi connectivity index (χ1) is 11.7. The van der Waals surface area contributed by atoms with E-state index in [0.29, 0.717) is 18.0 Å². The Balaban J connectivity index is 1.75. The van der Waals surface area contributed by atoms with Gasteiger partial charge in [0.1, 0.15) is 5.84 Å². The number of sulfonamides is 1. The predicted molar refractivity (Wildman–Crippen MR) is 97.6 cm³/mol. The highest BCUT2D eigenvalue weighted by atomic mass is 32.2. The van der Waals surface area contributed by atoms with Crippen LogP contribution in [0.1, 0.15) is 29.7 Å². The molecule has 2 aliphatic heterocycles. The van der Waals surface area contributed by atoms with Crippen molar-refractivity contribution in [1.29, 1.82) is 0 Å². The molecule has 25 heavy (non-hydrogen) atoms. The number of amides is 1. The molecule has 0 saturated carbocycles. The normalized spacial score (nSPS) is 19.6. The second-order valence-electron chi connectivity index (χ2n) is 6.40. The summed E-state index contributed by atoms with van der Waals surface area (Å²) in [5.41, 5.74) is 3.84. The summed E-state index contributed by atoms with van der Waals surface area (Å²) in [6.45, 7) is 6.30. The van der Waals surface area contributed by atoms with Gasteiger partial charge in [-0.3, -0.25) is 4.79 Å². The number of nitrogens with zero attached hydrogens (tertiary/aromatic N) is 2. The van der Waals surface area contributed by atoms with Crippen molar-refractivity contribution >= 4 is 21.8 Å². The number of fused-ring (bicyclic) bond motifs is 1. The number of carbonyl (C=O) groups is 1. The van der Waals surface area contributed by atoms with Crippen LogP contribution in [0.3, 0.4) is 0 Å². The van der Waals surface area contributed by atoms with Gasteiger partial charge in [0.25, 0.3) is 15.9 Å². The molecule has 0 aromatic heterocycles. The van der Waals surface area contributed by atoms with Gasteiger partial charge in [0.05, 0.1) is 17.4 Å². The molecule has 1 amide bonds. The van der Waals surface area contributed by atoms with Gasteiger partial charge in [0.2, 0.25) is 0 Å². The molecule has 0 radical (unpaired) electrons. The van der Waals surface area contributed by atoms with E-state index < -0.39 is 10.0 Å². The molecule has 0 spiro atoms. The number of carbonyl (C=O) groups excluding carboxylic acids is 1. The highest BCUT2D eigenvalue weighted by molar-refractivity contribution is 7.90. The molecule has 2 aliphatic rings. The summed E-state index contributed by atoms with van der Waals surface area (Å²) in [7, 11) is -3.39. The molecule has 1 unspecified atom stereocenters. The number of aryl methyl sites for hydroxylation is 2. The van der Waals surface area contributed by atoms with Crippen LogP contribution < -0.4 is 5.32 Å². The van der Waals surface area contributed by atoms with Gasteiger partial charge < -0.3 is 10.2 Å².